The number of H-pyrrole nitrogens is 1. The van der Waals surface area contributed by atoms with E-state index in [4.69, 9.17) is 17.3 Å². The van der Waals surface area contributed by atoms with Gasteiger partial charge in [0.2, 0.25) is 11.5 Å². The van der Waals surface area contributed by atoms with Crippen LogP contribution in [0.4, 0.5) is 5.69 Å². The number of carbonyl (C=O) groups is 2. The molecule has 0 radical (unpaired) electrons. The van der Waals surface area contributed by atoms with Crippen LogP contribution in [0.25, 0.3) is 0 Å². The molecule has 0 fully saturated rings. The minimum Gasteiger partial charge on any atom is -0.366 e. The van der Waals surface area contributed by atoms with E-state index in [2.05, 4.69) is 10.3 Å². The number of benzene rings is 1. The largest absolute Gasteiger partial charge is 0.366 e. The average Bonchev–Trinajstić information content (AvgIpc) is 2.41. The molecule has 1 aromatic carbocycles. The van der Waals surface area contributed by atoms with E-state index >= 15 is 0 Å². The van der Waals surface area contributed by atoms with E-state index in [1.165, 1.54) is 36.5 Å². The lowest BCUT2D eigenvalue weighted by molar-refractivity contribution is 0.0996. The van der Waals surface area contributed by atoms with Gasteiger partial charge in [-0.3, -0.25) is 14.4 Å². The molecule has 4 N–H and O–H groups in total. The Morgan fingerprint density at radius 3 is 2.45 bits per heavy atom. The van der Waals surface area contributed by atoms with Gasteiger partial charge < -0.3 is 16.0 Å². The third-order valence-corrected chi connectivity index (χ3v) is 2.88. The summed E-state index contributed by atoms with van der Waals surface area (Å²) in [6.45, 7) is 0. The van der Waals surface area contributed by atoms with Gasteiger partial charge in [-0.25, -0.2) is 0 Å². The Bertz CT molecular complexity index is 719. The molecule has 2 rings (SSSR count). The van der Waals surface area contributed by atoms with Crippen molar-refractivity contribution in [1.29, 1.82) is 0 Å². The molecule has 0 saturated carbocycles. The lowest BCUT2D eigenvalue weighted by Crippen LogP contribution is -2.16. The highest BCUT2D eigenvalue weighted by Crippen LogP contribution is 2.23. The maximum absolute atomic E-state index is 12.0. The number of amides is 2. The molecule has 0 bridgehead atoms. The van der Waals surface area contributed by atoms with Crippen molar-refractivity contribution < 1.29 is 9.59 Å². The number of aromatic amines is 1. The van der Waals surface area contributed by atoms with Gasteiger partial charge in [-0.05, 0) is 24.3 Å². The van der Waals surface area contributed by atoms with Crippen molar-refractivity contribution in [3.8, 4) is 0 Å². The van der Waals surface area contributed by atoms with Crippen LogP contribution >= 0.6 is 11.6 Å². The third kappa shape index (κ3) is 3.04. The standard InChI is InChI=1S/C13H10ClN3O3/c14-9-3-1-7(12(15)19)5-10(9)17-13(20)8-2-4-11(18)16-6-8/h1-6H,(H2,15,19)(H,16,18)(H,17,20). The van der Waals surface area contributed by atoms with Gasteiger partial charge in [-0.15, -0.1) is 0 Å². The Kier molecular flexibility index (Phi) is 3.86. The summed E-state index contributed by atoms with van der Waals surface area (Å²) in [5.41, 5.74) is 5.59. The molecule has 0 saturated heterocycles. The van der Waals surface area contributed by atoms with E-state index < -0.39 is 11.8 Å². The number of nitrogens with one attached hydrogen (secondary N) is 2. The summed E-state index contributed by atoms with van der Waals surface area (Å²) in [6.07, 6.45) is 1.28. The van der Waals surface area contributed by atoms with E-state index in [0.29, 0.717) is 0 Å². The summed E-state index contributed by atoms with van der Waals surface area (Å²) in [7, 11) is 0. The molecule has 0 atom stereocenters. The van der Waals surface area contributed by atoms with Crippen LogP contribution < -0.4 is 16.6 Å². The molecule has 1 aromatic heterocycles. The number of anilines is 1. The molecule has 0 aliphatic rings. The summed E-state index contributed by atoms with van der Waals surface area (Å²) >= 11 is 5.93. The van der Waals surface area contributed by atoms with Gasteiger partial charge in [-0.2, -0.15) is 0 Å². The SMILES string of the molecule is NC(=O)c1ccc(Cl)c(NC(=O)c2ccc(=O)[nH]c2)c1. The summed E-state index contributed by atoms with van der Waals surface area (Å²) < 4.78 is 0. The number of rotatable bonds is 3. The van der Waals surface area contributed by atoms with Crippen LogP contribution in [0.5, 0.6) is 0 Å². The predicted octanol–water partition coefficient (Wildman–Crippen LogP) is 1.38. The first-order valence-corrected chi connectivity index (χ1v) is 5.94. The molecule has 1 heterocycles. The molecule has 20 heavy (non-hydrogen) atoms. The van der Waals surface area contributed by atoms with E-state index in [0.717, 1.165) is 0 Å². The van der Waals surface area contributed by atoms with E-state index in [-0.39, 0.29) is 27.4 Å². The van der Waals surface area contributed by atoms with Crippen LogP contribution in [0.15, 0.2) is 41.3 Å². The Labute approximate surface area is 118 Å². The molecule has 0 aliphatic heterocycles. The normalized spacial score (nSPS) is 10.1. The van der Waals surface area contributed by atoms with Gasteiger partial charge in [0.25, 0.3) is 5.91 Å². The smallest absolute Gasteiger partial charge is 0.257 e. The lowest BCUT2D eigenvalue weighted by atomic mass is 10.2. The topological polar surface area (TPSA) is 105 Å². The quantitative estimate of drug-likeness (QED) is 0.795. The molecule has 102 valence electrons. The lowest BCUT2D eigenvalue weighted by Gasteiger charge is -2.08. The van der Waals surface area contributed by atoms with Gasteiger partial charge in [-0.1, -0.05) is 11.6 Å². The summed E-state index contributed by atoms with van der Waals surface area (Å²) in [5.74, 6) is -1.09. The van der Waals surface area contributed by atoms with E-state index in [1.54, 1.807) is 0 Å². The Hall–Kier alpha value is -2.60. The Balaban J connectivity index is 2.27. The second-order valence-electron chi connectivity index (χ2n) is 3.95. The molecular formula is C13H10ClN3O3. The van der Waals surface area contributed by atoms with Crippen molar-refractivity contribution in [2.45, 2.75) is 0 Å². The Morgan fingerprint density at radius 1 is 1.15 bits per heavy atom. The number of hydrogen-bond donors (Lipinski definition) is 3. The zero-order chi connectivity index (χ0) is 14.7. The number of hydrogen-bond acceptors (Lipinski definition) is 3. The van der Waals surface area contributed by atoms with Crippen LogP contribution in [-0.2, 0) is 0 Å². The summed E-state index contributed by atoms with van der Waals surface area (Å²) in [4.78, 5) is 36.3. The van der Waals surface area contributed by atoms with Crippen molar-refractivity contribution in [3.63, 3.8) is 0 Å². The van der Waals surface area contributed by atoms with Gasteiger partial charge in [0.05, 0.1) is 16.3 Å². The van der Waals surface area contributed by atoms with Crippen molar-refractivity contribution >= 4 is 29.1 Å². The maximum atomic E-state index is 12.0. The van der Waals surface area contributed by atoms with Crippen LogP contribution in [0.2, 0.25) is 5.02 Å². The second kappa shape index (κ2) is 5.58. The van der Waals surface area contributed by atoms with Crippen molar-refractivity contribution in [2.75, 3.05) is 5.32 Å². The molecule has 0 spiro atoms. The first-order chi connectivity index (χ1) is 9.47. The van der Waals surface area contributed by atoms with E-state index in [1.807, 2.05) is 0 Å². The highest BCUT2D eigenvalue weighted by molar-refractivity contribution is 6.34. The van der Waals surface area contributed by atoms with Crippen molar-refractivity contribution in [2.24, 2.45) is 5.73 Å². The van der Waals surface area contributed by atoms with Crippen LogP contribution in [0.3, 0.4) is 0 Å². The van der Waals surface area contributed by atoms with Crippen LogP contribution in [-0.4, -0.2) is 16.8 Å². The molecule has 0 unspecified atom stereocenters. The highest BCUT2D eigenvalue weighted by Gasteiger charge is 2.10. The summed E-state index contributed by atoms with van der Waals surface area (Å²) in [5, 5.41) is 2.81. The van der Waals surface area contributed by atoms with Gasteiger partial charge in [0.15, 0.2) is 0 Å². The van der Waals surface area contributed by atoms with Gasteiger partial charge >= 0.3 is 0 Å². The second-order valence-corrected chi connectivity index (χ2v) is 4.36. The fourth-order valence-corrected chi connectivity index (χ4v) is 1.69. The zero-order valence-corrected chi connectivity index (χ0v) is 10.9. The molecule has 0 aliphatic carbocycles. The molecule has 6 nitrogen and oxygen atoms in total. The minimum atomic E-state index is -0.624. The fraction of sp³-hybridized carbons (Fsp3) is 0. The molecule has 7 heteroatoms. The number of nitrogens with two attached hydrogens (primary N) is 1. The number of halogens is 1. The highest BCUT2D eigenvalue weighted by atomic mass is 35.5. The zero-order valence-electron chi connectivity index (χ0n) is 10.1. The minimum absolute atomic E-state index is 0.228. The molecular weight excluding hydrogens is 282 g/mol. The van der Waals surface area contributed by atoms with Gasteiger partial charge in [0.1, 0.15) is 0 Å². The van der Waals surface area contributed by atoms with Crippen LogP contribution in [0, 0.1) is 0 Å². The fourth-order valence-electron chi connectivity index (χ4n) is 1.52. The average molecular weight is 292 g/mol. The summed E-state index contributed by atoms with van der Waals surface area (Å²) in [6, 6.07) is 6.91. The monoisotopic (exact) mass is 291 g/mol. The Morgan fingerprint density at radius 2 is 1.85 bits per heavy atom. The van der Waals surface area contributed by atoms with Crippen LogP contribution in [0.1, 0.15) is 20.7 Å². The first kappa shape index (κ1) is 13.8. The number of carbonyl (C=O) groups excluding carboxylic acids is 2. The maximum Gasteiger partial charge on any atom is 0.257 e. The van der Waals surface area contributed by atoms with E-state index in [9.17, 15) is 14.4 Å². The molecule has 2 aromatic rings. The number of pyridine rings is 1. The van der Waals surface area contributed by atoms with Crippen molar-refractivity contribution in [1.82, 2.24) is 4.98 Å². The van der Waals surface area contributed by atoms with Gasteiger partial charge in [0, 0.05) is 17.8 Å². The first-order valence-electron chi connectivity index (χ1n) is 5.57. The predicted molar refractivity (Wildman–Crippen MR) is 75.0 cm³/mol. The van der Waals surface area contributed by atoms with Crippen molar-refractivity contribution in [3.05, 3.63) is 63.0 Å². The third-order valence-electron chi connectivity index (χ3n) is 2.55. The molecule has 2 amide bonds. The number of aromatic nitrogens is 1. The number of primary amides is 1.